The van der Waals surface area contributed by atoms with Crippen molar-refractivity contribution in [3.05, 3.63) is 69.0 Å². The van der Waals surface area contributed by atoms with E-state index in [2.05, 4.69) is 10.5 Å². The Balaban J connectivity index is 1.99. The van der Waals surface area contributed by atoms with Gasteiger partial charge >= 0.3 is 0 Å². The minimum atomic E-state index is -0.595. The van der Waals surface area contributed by atoms with Gasteiger partial charge in [-0.15, -0.1) is 11.8 Å². The number of hydrogen-bond acceptors (Lipinski definition) is 5. The summed E-state index contributed by atoms with van der Waals surface area (Å²) >= 11 is 6.80. The molecule has 0 saturated heterocycles. The van der Waals surface area contributed by atoms with Crippen LogP contribution in [0.3, 0.4) is 0 Å². The molecule has 0 atom stereocenters. The first-order valence-electron chi connectivity index (χ1n) is 7.03. The van der Waals surface area contributed by atoms with Gasteiger partial charge in [-0.25, -0.2) is 9.82 Å². The maximum absolute atomic E-state index is 13.5. The number of hydrogen-bond donors (Lipinski definition) is 1. The Morgan fingerprint density at radius 2 is 2.08 bits per heavy atom. The first-order chi connectivity index (χ1) is 11.9. The Bertz CT molecular complexity index is 845. The van der Waals surface area contributed by atoms with Crippen LogP contribution in [0.2, 0.25) is 5.02 Å². The summed E-state index contributed by atoms with van der Waals surface area (Å²) in [6, 6.07) is 10.4. The number of nitro groups is 1. The van der Waals surface area contributed by atoms with Crippen LogP contribution in [0.1, 0.15) is 12.5 Å². The molecule has 0 aromatic heterocycles. The normalized spacial score (nSPS) is 11.2. The first-order valence-corrected chi connectivity index (χ1v) is 8.39. The maximum atomic E-state index is 13.5. The van der Waals surface area contributed by atoms with Crippen LogP contribution in [-0.4, -0.2) is 22.3 Å². The van der Waals surface area contributed by atoms with Gasteiger partial charge in [0.05, 0.1) is 16.4 Å². The summed E-state index contributed by atoms with van der Waals surface area (Å²) < 4.78 is 13.5. The number of hydrazone groups is 1. The lowest BCUT2D eigenvalue weighted by Crippen LogP contribution is -2.21. The molecule has 1 N–H and O–H groups in total. The summed E-state index contributed by atoms with van der Waals surface area (Å²) in [6.45, 7) is 1.59. The number of carbonyl (C=O) groups excluding carboxylic acids is 1. The van der Waals surface area contributed by atoms with E-state index in [0.29, 0.717) is 16.2 Å². The van der Waals surface area contributed by atoms with Crippen LogP contribution >= 0.6 is 23.4 Å². The van der Waals surface area contributed by atoms with Gasteiger partial charge in [-0.05, 0) is 25.1 Å². The largest absolute Gasteiger partial charge is 0.288 e. The molecule has 2 aromatic carbocycles. The van der Waals surface area contributed by atoms with E-state index in [0.717, 1.165) is 11.8 Å². The molecule has 0 saturated carbocycles. The molecule has 0 aliphatic rings. The summed E-state index contributed by atoms with van der Waals surface area (Å²) in [5.41, 5.74) is 2.93. The second kappa shape index (κ2) is 8.59. The second-order valence-corrected chi connectivity index (χ2v) is 6.30. The monoisotopic (exact) mass is 381 g/mol. The molecule has 0 radical (unpaired) electrons. The number of nitrogens with one attached hydrogen (secondary N) is 1. The Morgan fingerprint density at radius 3 is 2.76 bits per heavy atom. The summed E-state index contributed by atoms with van der Waals surface area (Å²) in [4.78, 5) is 22.5. The number of thioether (sulfide) groups is 1. The first kappa shape index (κ1) is 18.9. The van der Waals surface area contributed by atoms with Gasteiger partial charge < -0.3 is 0 Å². The molecule has 130 valence electrons. The number of carbonyl (C=O) groups is 1. The van der Waals surface area contributed by atoms with Crippen molar-refractivity contribution in [3.8, 4) is 0 Å². The fourth-order valence-electron chi connectivity index (χ4n) is 1.83. The summed E-state index contributed by atoms with van der Waals surface area (Å²) in [5.74, 6) is -0.831. The van der Waals surface area contributed by atoms with Crippen molar-refractivity contribution in [2.24, 2.45) is 5.10 Å². The highest BCUT2D eigenvalue weighted by Crippen LogP contribution is 2.25. The SMILES string of the molecule is C/C(=N/NC(=O)CSc1ccccc1F)c1ccc(Cl)c([N+](=O)[O-])c1. The minimum absolute atomic E-state index is 0.0154. The lowest BCUT2D eigenvalue weighted by atomic mass is 10.1. The molecule has 0 spiro atoms. The molecule has 0 heterocycles. The number of benzene rings is 2. The van der Waals surface area contributed by atoms with Crippen LogP contribution in [0.15, 0.2) is 52.5 Å². The van der Waals surface area contributed by atoms with Crippen LogP contribution in [0.25, 0.3) is 0 Å². The highest BCUT2D eigenvalue weighted by molar-refractivity contribution is 8.00. The van der Waals surface area contributed by atoms with Crippen molar-refractivity contribution in [2.75, 3.05) is 5.75 Å². The fraction of sp³-hybridized carbons (Fsp3) is 0.125. The third-order valence-corrected chi connectivity index (χ3v) is 4.47. The standard InChI is InChI=1S/C16H13ClFN3O3S/c1-10(11-6-7-12(17)14(8-11)21(23)24)19-20-16(22)9-25-15-5-3-2-4-13(15)18/h2-8H,9H2,1H3,(H,20,22)/b19-10-. The molecule has 2 aromatic rings. The Kier molecular flexibility index (Phi) is 6.49. The van der Waals surface area contributed by atoms with Gasteiger partial charge in [-0.1, -0.05) is 29.8 Å². The van der Waals surface area contributed by atoms with E-state index in [1.807, 2.05) is 0 Å². The minimum Gasteiger partial charge on any atom is -0.272 e. The molecule has 6 nitrogen and oxygen atoms in total. The van der Waals surface area contributed by atoms with Crippen LogP contribution in [0.4, 0.5) is 10.1 Å². The molecule has 0 fully saturated rings. The van der Waals surface area contributed by atoms with Crippen LogP contribution in [-0.2, 0) is 4.79 Å². The molecule has 9 heteroatoms. The second-order valence-electron chi connectivity index (χ2n) is 4.87. The number of rotatable bonds is 6. The van der Waals surface area contributed by atoms with Crippen molar-refractivity contribution in [1.29, 1.82) is 0 Å². The van der Waals surface area contributed by atoms with Crippen molar-refractivity contribution < 1.29 is 14.1 Å². The van der Waals surface area contributed by atoms with E-state index >= 15 is 0 Å². The molecule has 25 heavy (non-hydrogen) atoms. The van der Waals surface area contributed by atoms with Crippen LogP contribution < -0.4 is 5.43 Å². The number of nitro benzene ring substituents is 1. The van der Waals surface area contributed by atoms with Crippen molar-refractivity contribution >= 4 is 40.7 Å². The van der Waals surface area contributed by atoms with Gasteiger partial charge in [0.25, 0.3) is 5.69 Å². The predicted molar refractivity (Wildman–Crippen MR) is 95.6 cm³/mol. The smallest absolute Gasteiger partial charge is 0.272 e. The van der Waals surface area contributed by atoms with E-state index in [1.54, 1.807) is 31.2 Å². The Morgan fingerprint density at radius 1 is 1.36 bits per heavy atom. The molecular weight excluding hydrogens is 369 g/mol. The molecule has 0 aliphatic carbocycles. The van der Waals surface area contributed by atoms with E-state index in [9.17, 15) is 19.3 Å². The zero-order valence-corrected chi connectivity index (χ0v) is 14.6. The topological polar surface area (TPSA) is 84.6 Å². The Hall–Kier alpha value is -2.45. The third kappa shape index (κ3) is 5.27. The fourth-order valence-corrected chi connectivity index (χ4v) is 2.74. The summed E-state index contributed by atoms with van der Waals surface area (Å²) in [6.07, 6.45) is 0. The van der Waals surface area contributed by atoms with E-state index in [-0.39, 0.29) is 16.5 Å². The van der Waals surface area contributed by atoms with Crippen LogP contribution in [0, 0.1) is 15.9 Å². The quantitative estimate of drug-likeness (QED) is 0.354. The molecule has 0 aliphatic heterocycles. The molecule has 0 unspecified atom stereocenters. The summed E-state index contributed by atoms with van der Waals surface area (Å²) in [5, 5.41) is 14.8. The molecule has 1 amide bonds. The summed E-state index contributed by atoms with van der Waals surface area (Å²) in [7, 11) is 0. The number of nitrogens with zero attached hydrogens (tertiary/aromatic N) is 2. The predicted octanol–water partition coefficient (Wildman–Crippen LogP) is 4.02. The van der Waals surface area contributed by atoms with Gasteiger partial charge in [0, 0.05) is 16.5 Å². The van der Waals surface area contributed by atoms with Crippen molar-refractivity contribution in [3.63, 3.8) is 0 Å². The Labute approximate surface area is 152 Å². The van der Waals surface area contributed by atoms with Gasteiger partial charge in [0.2, 0.25) is 5.91 Å². The van der Waals surface area contributed by atoms with Crippen molar-refractivity contribution in [1.82, 2.24) is 5.43 Å². The lowest BCUT2D eigenvalue weighted by molar-refractivity contribution is -0.384. The highest BCUT2D eigenvalue weighted by atomic mass is 35.5. The maximum Gasteiger partial charge on any atom is 0.288 e. The van der Waals surface area contributed by atoms with Gasteiger partial charge in [-0.2, -0.15) is 5.10 Å². The van der Waals surface area contributed by atoms with E-state index in [1.165, 1.54) is 18.2 Å². The number of amides is 1. The van der Waals surface area contributed by atoms with Gasteiger partial charge in [0.1, 0.15) is 10.8 Å². The van der Waals surface area contributed by atoms with Gasteiger partial charge in [0.15, 0.2) is 0 Å². The highest BCUT2D eigenvalue weighted by Gasteiger charge is 2.14. The van der Waals surface area contributed by atoms with Gasteiger partial charge in [-0.3, -0.25) is 14.9 Å². The average Bonchev–Trinajstić information content (AvgIpc) is 2.59. The zero-order valence-electron chi connectivity index (χ0n) is 13.0. The van der Waals surface area contributed by atoms with E-state index in [4.69, 9.17) is 11.6 Å². The van der Waals surface area contributed by atoms with Crippen molar-refractivity contribution in [2.45, 2.75) is 11.8 Å². The van der Waals surface area contributed by atoms with Crippen LogP contribution in [0.5, 0.6) is 0 Å². The zero-order chi connectivity index (χ0) is 18.4. The van der Waals surface area contributed by atoms with E-state index < -0.39 is 16.6 Å². The third-order valence-electron chi connectivity index (χ3n) is 3.10. The molecule has 0 bridgehead atoms. The number of halogens is 2. The average molecular weight is 382 g/mol. The lowest BCUT2D eigenvalue weighted by Gasteiger charge is -2.04. The molecule has 2 rings (SSSR count). The molecular formula is C16H13ClFN3O3S.